The molecule has 0 aliphatic rings. The van der Waals surface area contributed by atoms with Crippen LogP contribution in [0.15, 0.2) is 0 Å². The lowest BCUT2D eigenvalue weighted by Gasteiger charge is -2.27. The standard InChI is InChI=1S/C20H45N5O3/c1-2-23-20(28)17(25-19(27)13-6-4-9-15-22)11-7-10-16-24-18(26)12-5-3-8-14-21/h17,19-20,23,25,27-28H,2-16,21-22H2,1H3,(H,24,26). The summed E-state index contributed by atoms with van der Waals surface area (Å²) in [6.07, 6.45) is 8.01. The molecule has 0 spiro atoms. The lowest BCUT2D eigenvalue weighted by Crippen LogP contribution is -2.51. The summed E-state index contributed by atoms with van der Waals surface area (Å²) in [6, 6.07) is -0.226. The molecular formula is C20H45N5O3. The molecule has 8 heteroatoms. The summed E-state index contributed by atoms with van der Waals surface area (Å²) in [5.74, 6) is 0.0901. The zero-order valence-electron chi connectivity index (χ0n) is 17.8. The molecule has 1 amide bonds. The highest BCUT2D eigenvalue weighted by molar-refractivity contribution is 5.75. The van der Waals surface area contributed by atoms with Gasteiger partial charge in [-0.2, -0.15) is 0 Å². The van der Waals surface area contributed by atoms with Crippen molar-refractivity contribution in [1.29, 1.82) is 0 Å². The smallest absolute Gasteiger partial charge is 0.219 e. The van der Waals surface area contributed by atoms with Gasteiger partial charge in [0.1, 0.15) is 12.5 Å². The molecule has 0 saturated carbocycles. The van der Waals surface area contributed by atoms with Gasteiger partial charge in [0.05, 0.1) is 0 Å². The molecule has 3 unspecified atom stereocenters. The molecule has 0 bridgehead atoms. The molecule has 9 N–H and O–H groups in total. The van der Waals surface area contributed by atoms with Crippen molar-refractivity contribution in [3.8, 4) is 0 Å². The number of nitrogens with two attached hydrogens (primary N) is 2. The fraction of sp³-hybridized carbons (Fsp3) is 0.950. The number of carbonyl (C=O) groups is 1. The quantitative estimate of drug-likeness (QED) is 0.116. The van der Waals surface area contributed by atoms with Crippen molar-refractivity contribution < 1.29 is 15.0 Å². The Bertz CT molecular complexity index is 361. The van der Waals surface area contributed by atoms with Gasteiger partial charge in [-0.1, -0.05) is 19.8 Å². The van der Waals surface area contributed by atoms with E-state index in [4.69, 9.17) is 11.5 Å². The third kappa shape index (κ3) is 16.2. The third-order valence-corrected chi connectivity index (χ3v) is 4.75. The summed E-state index contributed by atoms with van der Waals surface area (Å²) in [6.45, 7) is 4.59. The first-order valence-electron chi connectivity index (χ1n) is 11.1. The van der Waals surface area contributed by atoms with Crippen molar-refractivity contribution in [2.24, 2.45) is 11.5 Å². The number of hydrogen-bond acceptors (Lipinski definition) is 7. The van der Waals surface area contributed by atoms with Gasteiger partial charge in [0.2, 0.25) is 5.91 Å². The van der Waals surface area contributed by atoms with Gasteiger partial charge in [-0.3, -0.25) is 15.4 Å². The van der Waals surface area contributed by atoms with Gasteiger partial charge >= 0.3 is 0 Å². The average Bonchev–Trinajstić information content (AvgIpc) is 2.67. The molecule has 0 rings (SSSR count). The Balaban J connectivity index is 4.03. The van der Waals surface area contributed by atoms with Gasteiger partial charge in [0.15, 0.2) is 0 Å². The van der Waals surface area contributed by atoms with Crippen LogP contribution in [0.4, 0.5) is 0 Å². The molecule has 0 aromatic heterocycles. The first-order chi connectivity index (χ1) is 13.5. The summed E-state index contributed by atoms with van der Waals surface area (Å²) in [4.78, 5) is 11.7. The number of unbranched alkanes of at least 4 members (excludes halogenated alkanes) is 5. The molecule has 0 aliphatic heterocycles. The third-order valence-electron chi connectivity index (χ3n) is 4.75. The number of rotatable bonds is 20. The maximum Gasteiger partial charge on any atom is 0.219 e. The summed E-state index contributed by atoms with van der Waals surface area (Å²) in [7, 11) is 0. The highest BCUT2D eigenvalue weighted by Gasteiger charge is 2.20. The number of likely N-dealkylation sites (N-methyl/N-ethyl adjacent to an activating group) is 1. The van der Waals surface area contributed by atoms with Gasteiger partial charge in [-0.05, 0) is 71.0 Å². The number of carbonyl (C=O) groups excluding carboxylic acids is 1. The van der Waals surface area contributed by atoms with Crippen LogP contribution in [-0.4, -0.2) is 60.8 Å². The van der Waals surface area contributed by atoms with Crippen molar-refractivity contribution in [1.82, 2.24) is 16.0 Å². The van der Waals surface area contributed by atoms with Gasteiger partial charge in [0.25, 0.3) is 0 Å². The first-order valence-corrected chi connectivity index (χ1v) is 11.1. The van der Waals surface area contributed by atoms with Crippen LogP contribution in [0.25, 0.3) is 0 Å². The van der Waals surface area contributed by atoms with Crippen LogP contribution in [0.5, 0.6) is 0 Å². The molecule has 0 saturated heterocycles. The highest BCUT2D eigenvalue weighted by Crippen LogP contribution is 2.08. The van der Waals surface area contributed by atoms with E-state index in [2.05, 4.69) is 16.0 Å². The Kier molecular flexibility index (Phi) is 19.0. The van der Waals surface area contributed by atoms with Gasteiger partial charge in [-0.15, -0.1) is 0 Å². The predicted octanol–water partition coefficient (Wildman–Crippen LogP) is 0.516. The SMILES string of the molecule is CCNC(O)C(CCCCNC(=O)CCCCCN)NC(O)CCCCCN. The van der Waals surface area contributed by atoms with Gasteiger partial charge in [-0.25, -0.2) is 0 Å². The lowest BCUT2D eigenvalue weighted by atomic mass is 10.1. The van der Waals surface area contributed by atoms with Crippen LogP contribution in [0.2, 0.25) is 0 Å². The summed E-state index contributed by atoms with van der Waals surface area (Å²) >= 11 is 0. The van der Waals surface area contributed by atoms with Crippen LogP contribution >= 0.6 is 0 Å². The van der Waals surface area contributed by atoms with Gasteiger partial charge in [0, 0.05) is 19.0 Å². The normalized spacial score (nSPS) is 14.6. The molecule has 0 aliphatic carbocycles. The fourth-order valence-electron chi connectivity index (χ4n) is 3.09. The van der Waals surface area contributed by atoms with E-state index in [0.29, 0.717) is 39.0 Å². The topological polar surface area (TPSA) is 146 Å². The summed E-state index contributed by atoms with van der Waals surface area (Å²) < 4.78 is 0. The Hall–Kier alpha value is -0.770. The van der Waals surface area contributed by atoms with Crippen molar-refractivity contribution in [3.63, 3.8) is 0 Å². The maximum atomic E-state index is 11.7. The second-order valence-electron chi connectivity index (χ2n) is 7.37. The molecule has 0 radical (unpaired) electrons. The van der Waals surface area contributed by atoms with Gasteiger partial charge < -0.3 is 27.0 Å². The Morgan fingerprint density at radius 3 is 2.18 bits per heavy atom. The molecule has 0 aromatic carbocycles. The van der Waals surface area contributed by atoms with Crippen molar-refractivity contribution in [2.45, 2.75) is 96.1 Å². The van der Waals surface area contributed by atoms with Crippen LogP contribution in [-0.2, 0) is 4.79 Å². The van der Waals surface area contributed by atoms with E-state index in [0.717, 1.165) is 57.8 Å². The van der Waals surface area contributed by atoms with E-state index in [-0.39, 0.29) is 11.9 Å². The molecule has 168 valence electrons. The van der Waals surface area contributed by atoms with E-state index in [1.54, 1.807) is 0 Å². The number of amides is 1. The van der Waals surface area contributed by atoms with Crippen LogP contribution < -0.4 is 27.4 Å². The van der Waals surface area contributed by atoms with E-state index < -0.39 is 12.5 Å². The minimum Gasteiger partial charge on any atom is -0.379 e. The summed E-state index contributed by atoms with van der Waals surface area (Å²) in [5, 5.41) is 29.5. The predicted molar refractivity (Wildman–Crippen MR) is 115 cm³/mol. The minimum absolute atomic E-state index is 0.0901. The molecule has 0 aromatic rings. The molecule has 8 nitrogen and oxygen atoms in total. The maximum absolute atomic E-state index is 11.7. The minimum atomic E-state index is -0.708. The lowest BCUT2D eigenvalue weighted by molar-refractivity contribution is -0.121. The largest absolute Gasteiger partial charge is 0.379 e. The average molecular weight is 404 g/mol. The highest BCUT2D eigenvalue weighted by atomic mass is 16.3. The van der Waals surface area contributed by atoms with Crippen molar-refractivity contribution in [2.75, 3.05) is 26.2 Å². The molecule has 0 heterocycles. The molecule has 28 heavy (non-hydrogen) atoms. The summed E-state index contributed by atoms with van der Waals surface area (Å²) in [5.41, 5.74) is 10.9. The fourth-order valence-corrected chi connectivity index (χ4v) is 3.09. The van der Waals surface area contributed by atoms with E-state index in [1.165, 1.54) is 0 Å². The van der Waals surface area contributed by atoms with Crippen LogP contribution in [0.1, 0.15) is 77.6 Å². The number of nitrogens with one attached hydrogen (secondary N) is 3. The number of aliphatic hydroxyl groups excluding tert-OH is 2. The second-order valence-corrected chi connectivity index (χ2v) is 7.37. The first kappa shape index (κ1) is 27.2. The van der Waals surface area contributed by atoms with E-state index in [1.807, 2.05) is 6.92 Å². The molecular weight excluding hydrogens is 358 g/mol. The van der Waals surface area contributed by atoms with Crippen LogP contribution in [0, 0.1) is 0 Å². The second kappa shape index (κ2) is 19.5. The zero-order valence-corrected chi connectivity index (χ0v) is 17.8. The van der Waals surface area contributed by atoms with E-state index >= 15 is 0 Å². The monoisotopic (exact) mass is 403 g/mol. The molecule has 3 atom stereocenters. The van der Waals surface area contributed by atoms with Crippen molar-refractivity contribution >= 4 is 5.91 Å². The zero-order chi connectivity index (χ0) is 21.0. The van der Waals surface area contributed by atoms with Crippen molar-refractivity contribution in [3.05, 3.63) is 0 Å². The number of hydrogen-bond donors (Lipinski definition) is 7. The number of aliphatic hydroxyl groups is 2. The Morgan fingerprint density at radius 2 is 1.54 bits per heavy atom. The van der Waals surface area contributed by atoms with Crippen LogP contribution in [0.3, 0.4) is 0 Å². The Morgan fingerprint density at radius 1 is 0.893 bits per heavy atom. The Labute approximate surface area is 171 Å². The van der Waals surface area contributed by atoms with E-state index in [9.17, 15) is 15.0 Å². The molecule has 0 fully saturated rings.